The summed E-state index contributed by atoms with van der Waals surface area (Å²) >= 11 is 0. The van der Waals surface area contributed by atoms with E-state index in [1.807, 2.05) is 0 Å². The van der Waals surface area contributed by atoms with Gasteiger partial charge < -0.3 is 0 Å². The molecule has 0 heterocycles. The molecule has 1 rings (SSSR count). The molecule has 7 heavy (non-hydrogen) atoms. The normalized spacial score (nSPS) is 15.3. The summed E-state index contributed by atoms with van der Waals surface area (Å²) in [6.45, 7) is 0. The van der Waals surface area contributed by atoms with Crippen molar-refractivity contribution in [1.29, 1.82) is 5.26 Å². The molecule has 0 radical (unpaired) electrons. The molecule has 42 valence electrons. The zero-order valence-corrected chi connectivity index (χ0v) is 5.39. The Kier molecular flexibility index (Phi) is 6.13. The van der Waals surface area contributed by atoms with E-state index in [-0.39, 0.29) is 24.8 Å². The first-order chi connectivity index (χ1) is 2.43. The fourth-order valence-electron chi connectivity index (χ4n) is 0.212. The van der Waals surface area contributed by atoms with Gasteiger partial charge in [0, 0.05) is 5.92 Å². The lowest BCUT2D eigenvalue weighted by Crippen LogP contribution is -1.52. The fourth-order valence-corrected chi connectivity index (χ4v) is 0.212. The van der Waals surface area contributed by atoms with Crippen molar-refractivity contribution < 1.29 is 0 Å². The van der Waals surface area contributed by atoms with Crippen LogP contribution in [-0.2, 0) is 0 Å². The van der Waals surface area contributed by atoms with Crippen LogP contribution < -0.4 is 0 Å². The molecular formula is C4H7Cl2N. The highest BCUT2D eigenvalue weighted by molar-refractivity contribution is 5.85. The highest BCUT2D eigenvalue weighted by atomic mass is 35.5. The van der Waals surface area contributed by atoms with Crippen LogP contribution in [0, 0.1) is 17.2 Å². The Morgan fingerprint density at radius 2 is 1.71 bits per heavy atom. The smallest absolute Gasteiger partial charge is 0.0655 e. The second kappa shape index (κ2) is 4.23. The molecule has 0 amide bonds. The minimum atomic E-state index is 0. The molecule has 1 aliphatic rings. The average molecular weight is 140 g/mol. The summed E-state index contributed by atoms with van der Waals surface area (Å²) in [6.07, 6.45) is 2.30. The van der Waals surface area contributed by atoms with Gasteiger partial charge in [-0.3, -0.25) is 0 Å². The van der Waals surface area contributed by atoms with Crippen molar-refractivity contribution >= 4 is 24.8 Å². The van der Waals surface area contributed by atoms with Crippen LogP contribution in [0.2, 0.25) is 0 Å². The summed E-state index contributed by atoms with van der Waals surface area (Å²) < 4.78 is 0. The van der Waals surface area contributed by atoms with Gasteiger partial charge in [0.1, 0.15) is 0 Å². The van der Waals surface area contributed by atoms with Gasteiger partial charge in [0.15, 0.2) is 0 Å². The van der Waals surface area contributed by atoms with Gasteiger partial charge in [-0.05, 0) is 12.8 Å². The molecule has 1 saturated carbocycles. The number of rotatable bonds is 0. The van der Waals surface area contributed by atoms with Gasteiger partial charge in [0.05, 0.1) is 6.07 Å². The fraction of sp³-hybridized carbons (Fsp3) is 0.750. The summed E-state index contributed by atoms with van der Waals surface area (Å²) in [4.78, 5) is 0. The summed E-state index contributed by atoms with van der Waals surface area (Å²) in [6, 6.07) is 2.14. The predicted molar refractivity (Wildman–Crippen MR) is 32.8 cm³/mol. The van der Waals surface area contributed by atoms with E-state index in [1.54, 1.807) is 0 Å². The molecule has 0 spiro atoms. The molecule has 0 atom stereocenters. The highest BCUT2D eigenvalue weighted by Crippen LogP contribution is 2.26. The molecule has 0 unspecified atom stereocenters. The molecule has 0 aromatic carbocycles. The van der Waals surface area contributed by atoms with Crippen LogP contribution in [0.25, 0.3) is 0 Å². The van der Waals surface area contributed by atoms with Crippen LogP contribution in [-0.4, -0.2) is 0 Å². The van der Waals surface area contributed by atoms with E-state index < -0.39 is 0 Å². The van der Waals surface area contributed by atoms with Crippen molar-refractivity contribution in [2.24, 2.45) is 5.92 Å². The Bertz CT molecular complexity index is 72.2. The lowest BCUT2D eigenvalue weighted by molar-refractivity contribution is 1.13. The maximum Gasteiger partial charge on any atom is 0.0655 e. The van der Waals surface area contributed by atoms with E-state index >= 15 is 0 Å². The number of halogens is 2. The lowest BCUT2D eigenvalue weighted by atomic mass is 10.5. The van der Waals surface area contributed by atoms with Crippen LogP contribution in [0.3, 0.4) is 0 Å². The third-order valence-electron chi connectivity index (χ3n) is 0.760. The minimum Gasteiger partial charge on any atom is -0.198 e. The Balaban J connectivity index is 0. The van der Waals surface area contributed by atoms with Crippen molar-refractivity contribution in [3.05, 3.63) is 0 Å². The molecule has 3 heteroatoms. The van der Waals surface area contributed by atoms with Gasteiger partial charge in [-0.2, -0.15) is 5.26 Å². The number of hydrogen-bond donors (Lipinski definition) is 0. The second-order valence-electron chi connectivity index (χ2n) is 1.40. The zero-order chi connectivity index (χ0) is 3.70. The summed E-state index contributed by atoms with van der Waals surface area (Å²) in [5, 5.41) is 7.96. The first kappa shape index (κ1) is 10.1. The van der Waals surface area contributed by atoms with E-state index in [0.29, 0.717) is 5.92 Å². The third kappa shape index (κ3) is 3.91. The van der Waals surface area contributed by atoms with Crippen LogP contribution in [0.4, 0.5) is 0 Å². The van der Waals surface area contributed by atoms with Gasteiger partial charge >= 0.3 is 0 Å². The largest absolute Gasteiger partial charge is 0.198 e. The number of nitriles is 1. The Labute approximate surface area is 55.5 Å². The Morgan fingerprint density at radius 3 is 1.71 bits per heavy atom. The Hall–Kier alpha value is 0.0700. The molecular weight excluding hydrogens is 133 g/mol. The van der Waals surface area contributed by atoms with E-state index in [4.69, 9.17) is 5.26 Å². The van der Waals surface area contributed by atoms with Crippen molar-refractivity contribution in [1.82, 2.24) is 0 Å². The molecule has 1 fully saturated rings. The minimum absolute atomic E-state index is 0. The highest BCUT2D eigenvalue weighted by Gasteiger charge is 2.19. The lowest BCUT2D eigenvalue weighted by Gasteiger charge is -1.51. The molecule has 0 aromatic heterocycles. The molecule has 0 aliphatic heterocycles. The molecule has 1 nitrogen and oxygen atoms in total. The number of nitrogens with zero attached hydrogens (tertiary/aromatic N) is 1. The zero-order valence-electron chi connectivity index (χ0n) is 3.76. The SMILES string of the molecule is Cl.Cl.N#CC1CC1. The third-order valence-corrected chi connectivity index (χ3v) is 0.760. The standard InChI is InChI=1S/C4H5N.2ClH/c5-3-4-1-2-4;;/h4H,1-2H2;2*1H. The van der Waals surface area contributed by atoms with Gasteiger partial charge in [-0.1, -0.05) is 0 Å². The van der Waals surface area contributed by atoms with Crippen LogP contribution in [0.1, 0.15) is 12.8 Å². The molecule has 0 aromatic rings. The van der Waals surface area contributed by atoms with Gasteiger partial charge in [0.2, 0.25) is 0 Å². The van der Waals surface area contributed by atoms with Crippen LogP contribution >= 0.6 is 24.8 Å². The maximum absolute atomic E-state index is 7.96. The van der Waals surface area contributed by atoms with Gasteiger partial charge in [-0.15, -0.1) is 24.8 Å². The molecule has 0 saturated heterocycles. The molecule has 0 N–H and O–H groups in total. The second-order valence-corrected chi connectivity index (χ2v) is 1.40. The van der Waals surface area contributed by atoms with Gasteiger partial charge in [-0.25, -0.2) is 0 Å². The predicted octanol–water partition coefficient (Wildman–Crippen LogP) is 1.76. The van der Waals surface area contributed by atoms with Crippen LogP contribution in [0.5, 0.6) is 0 Å². The van der Waals surface area contributed by atoms with Crippen molar-refractivity contribution in [3.63, 3.8) is 0 Å². The summed E-state index contributed by atoms with van der Waals surface area (Å²) in [7, 11) is 0. The number of hydrogen-bond acceptors (Lipinski definition) is 1. The quantitative estimate of drug-likeness (QED) is 0.502. The van der Waals surface area contributed by atoms with E-state index in [0.717, 1.165) is 12.8 Å². The van der Waals surface area contributed by atoms with Gasteiger partial charge in [0.25, 0.3) is 0 Å². The Morgan fingerprint density at radius 1 is 1.29 bits per heavy atom. The molecule has 1 aliphatic carbocycles. The van der Waals surface area contributed by atoms with Crippen molar-refractivity contribution in [2.45, 2.75) is 12.8 Å². The van der Waals surface area contributed by atoms with Crippen LogP contribution in [0.15, 0.2) is 0 Å². The maximum atomic E-state index is 7.96. The first-order valence-corrected chi connectivity index (χ1v) is 1.83. The van der Waals surface area contributed by atoms with Crippen molar-refractivity contribution in [3.8, 4) is 6.07 Å². The first-order valence-electron chi connectivity index (χ1n) is 1.83. The van der Waals surface area contributed by atoms with E-state index in [9.17, 15) is 0 Å². The van der Waals surface area contributed by atoms with Crippen molar-refractivity contribution in [2.75, 3.05) is 0 Å². The monoisotopic (exact) mass is 139 g/mol. The summed E-state index contributed by atoms with van der Waals surface area (Å²) in [5.41, 5.74) is 0. The average Bonchev–Trinajstić information content (AvgIpc) is 2.12. The van der Waals surface area contributed by atoms with E-state index in [2.05, 4.69) is 6.07 Å². The molecule has 0 bridgehead atoms. The van der Waals surface area contributed by atoms with E-state index in [1.165, 1.54) is 0 Å². The topological polar surface area (TPSA) is 23.8 Å². The summed E-state index contributed by atoms with van der Waals surface area (Å²) in [5.74, 6) is 0.440.